The van der Waals surface area contributed by atoms with Crippen LogP contribution in [0, 0.1) is 5.41 Å². The van der Waals surface area contributed by atoms with E-state index in [1.165, 1.54) is 36.5 Å². The predicted octanol–water partition coefficient (Wildman–Crippen LogP) is 7.33. The van der Waals surface area contributed by atoms with Crippen LogP contribution in [0.5, 0.6) is 0 Å². The fraction of sp³-hybridized carbons (Fsp3) is 0.379. The Bertz CT molecular complexity index is 1020. The van der Waals surface area contributed by atoms with Crippen LogP contribution in [-0.2, 0) is 9.53 Å². The van der Waals surface area contributed by atoms with Crippen molar-refractivity contribution in [1.29, 1.82) is 0 Å². The van der Waals surface area contributed by atoms with Gasteiger partial charge in [-0.15, -0.1) is 0 Å². The van der Waals surface area contributed by atoms with Gasteiger partial charge >= 0.3 is 5.97 Å². The van der Waals surface area contributed by atoms with Crippen LogP contribution in [0.3, 0.4) is 0 Å². The van der Waals surface area contributed by atoms with Crippen molar-refractivity contribution >= 4 is 17.6 Å². The summed E-state index contributed by atoms with van der Waals surface area (Å²) in [5, 5.41) is 2.79. The van der Waals surface area contributed by atoms with Crippen LogP contribution in [0.1, 0.15) is 71.2 Å². The third-order valence-corrected chi connectivity index (χ3v) is 5.77. The van der Waals surface area contributed by atoms with Crippen LogP contribution >= 0.6 is 0 Å². The number of rotatable bonds is 8. The molecule has 0 heterocycles. The van der Waals surface area contributed by atoms with Crippen LogP contribution in [0.15, 0.2) is 83.0 Å². The van der Waals surface area contributed by atoms with Crippen molar-refractivity contribution in [2.45, 2.75) is 60.8 Å². The topological polar surface area (TPSA) is 55.4 Å². The van der Waals surface area contributed by atoms with Crippen LogP contribution < -0.4 is 5.32 Å². The van der Waals surface area contributed by atoms with E-state index in [-0.39, 0.29) is 11.3 Å². The van der Waals surface area contributed by atoms with Crippen molar-refractivity contribution in [3.63, 3.8) is 0 Å². The van der Waals surface area contributed by atoms with E-state index >= 15 is 0 Å². The summed E-state index contributed by atoms with van der Waals surface area (Å²) in [7, 11) is 0. The van der Waals surface area contributed by atoms with Gasteiger partial charge in [-0.05, 0) is 81.7 Å². The van der Waals surface area contributed by atoms with E-state index in [1.807, 2.05) is 25.2 Å². The van der Waals surface area contributed by atoms with Crippen molar-refractivity contribution in [1.82, 2.24) is 0 Å². The first-order valence-corrected chi connectivity index (χ1v) is 11.6. The highest BCUT2D eigenvalue weighted by molar-refractivity contribution is 6.01. The number of carbonyl (C=O) groups is 2. The lowest BCUT2D eigenvalue weighted by Gasteiger charge is -2.32. The van der Waals surface area contributed by atoms with Gasteiger partial charge in [0.1, 0.15) is 0 Å². The summed E-state index contributed by atoms with van der Waals surface area (Å²) in [6, 6.07) is 6.72. The molecule has 176 valence electrons. The maximum absolute atomic E-state index is 12.3. The molecule has 1 amide bonds. The number of allylic oxidation sites excluding steroid dienone is 9. The molecule has 1 aromatic carbocycles. The minimum absolute atomic E-state index is 0.234. The maximum Gasteiger partial charge on any atom is 0.338 e. The molecule has 1 N–H and O–H groups in total. The molecular formula is C29H37NO3. The number of ether oxygens (including phenoxy) is 1. The van der Waals surface area contributed by atoms with E-state index in [4.69, 9.17) is 4.74 Å². The summed E-state index contributed by atoms with van der Waals surface area (Å²) in [6.07, 6.45) is 15.5. The molecule has 0 saturated heterocycles. The molecule has 0 spiro atoms. The Morgan fingerprint density at radius 3 is 2.61 bits per heavy atom. The number of anilines is 1. The Morgan fingerprint density at radius 1 is 1.15 bits per heavy atom. The van der Waals surface area contributed by atoms with Crippen LogP contribution in [0.4, 0.5) is 5.69 Å². The monoisotopic (exact) mass is 447 g/mol. The molecular weight excluding hydrogens is 410 g/mol. The summed E-state index contributed by atoms with van der Waals surface area (Å²) < 4.78 is 5.00. The molecule has 0 unspecified atom stereocenters. The molecule has 0 bridgehead atoms. The van der Waals surface area contributed by atoms with Crippen molar-refractivity contribution in [3.05, 3.63) is 88.6 Å². The van der Waals surface area contributed by atoms with Crippen molar-refractivity contribution < 1.29 is 14.3 Å². The lowest BCUT2D eigenvalue weighted by molar-refractivity contribution is -0.111. The lowest BCUT2D eigenvalue weighted by Crippen LogP contribution is -2.19. The molecule has 0 atom stereocenters. The van der Waals surface area contributed by atoms with Crippen LogP contribution in [0.25, 0.3) is 0 Å². The Labute approximate surface area is 198 Å². The van der Waals surface area contributed by atoms with Gasteiger partial charge in [0.15, 0.2) is 0 Å². The summed E-state index contributed by atoms with van der Waals surface area (Å²) in [5.41, 5.74) is 6.11. The first kappa shape index (κ1) is 26.1. The highest BCUT2D eigenvalue weighted by atomic mass is 16.5. The van der Waals surface area contributed by atoms with Gasteiger partial charge in [-0.3, -0.25) is 4.79 Å². The Kier molecular flexibility index (Phi) is 9.65. The van der Waals surface area contributed by atoms with Gasteiger partial charge in [-0.1, -0.05) is 61.4 Å². The molecule has 33 heavy (non-hydrogen) atoms. The van der Waals surface area contributed by atoms with Gasteiger partial charge < -0.3 is 10.1 Å². The first-order chi connectivity index (χ1) is 15.6. The minimum Gasteiger partial charge on any atom is -0.462 e. The fourth-order valence-corrected chi connectivity index (χ4v) is 4.00. The number of carbonyl (C=O) groups excluding carboxylic acids is 2. The summed E-state index contributed by atoms with van der Waals surface area (Å²) in [6.45, 7) is 12.9. The largest absolute Gasteiger partial charge is 0.462 e. The van der Waals surface area contributed by atoms with Gasteiger partial charge in [-0.2, -0.15) is 0 Å². The molecule has 0 radical (unpaired) electrons. The third-order valence-electron chi connectivity index (χ3n) is 5.77. The molecule has 0 fully saturated rings. The van der Waals surface area contributed by atoms with Gasteiger partial charge in [0.2, 0.25) is 5.91 Å². The van der Waals surface area contributed by atoms with Gasteiger partial charge in [0, 0.05) is 11.8 Å². The van der Waals surface area contributed by atoms with Crippen molar-refractivity contribution in [2.75, 3.05) is 11.9 Å². The van der Waals surface area contributed by atoms with Gasteiger partial charge in [0.05, 0.1) is 12.2 Å². The number of nitrogens with one attached hydrogen (secondary N) is 1. The predicted molar refractivity (Wildman–Crippen MR) is 137 cm³/mol. The zero-order valence-corrected chi connectivity index (χ0v) is 20.8. The molecule has 0 aromatic heterocycles. The van der Waals surface area contributed by atoms with E-state index < -0.39 is 5.97 Å². The van der Waals surface area contributed by atoms with Crippen molar-refractivity contribution in [2.24, 2.45) is 5.41 Å². The Morgan fingerprint density at radius 2 is 1.91 bits per heavy atom. The molecule has 0 saturated carbocycles. The standard InChI is InChI=1S/C29H37NO3/c1-7-33-28(32)24-14-9-15-25(20-24)30-27(31)19-22(3)12-8-11-21(2)16-17-26-23(4)13-10-18-29(26,5)6/h8-9,11-12,14-17,19-20H,7,10,13,18H2,1-6H3,(H,30,31)/b12-8+,17-16+,21-11+,22-19-. The molecule has 1 aromatic rings. The molecule has 0 aliphatic heterocycles. The van der Waals surface area contributed by atoms with E-state index in [0.29, 0.717) is 17.9 Å². The third kappa shape index (κ3) is 8.38. The van der Waals surface area contributed by atoms with E-state index in [9.17, 15) is 9.59 Å². The van der Waals surface area contributed by atoms with Crippen molar-refractivity contribution in [3.8, 4) is 0 Å². The smallest absolute Gasteiger partial charge is 0.338 e. The van der Waals surface area contributed by atoms with Gasteiger partial charge in [-0.25, -0.2) is 4.79 Å². The number of amides is 1. The molecule has 1 aliphatic carbocycles. The van der Waals surface area contributed by atoms with E-state index in [2.05, 4.69) is 45.2 Å². The number of hydrogen-bond acceptors (Lipinski definition) is 3. The average molecular weight is 448 g/mol. The summed E-state index contributed by atoms with van der Waals surface area (Å²) >= 11 is 0. The van der Waals surface area contributed by atoms with Crippen LogP contribution in [0.2, 0.25) is 0 Å². The summed E-state index contributed by atoms with van der Waals surface area (Å²) in [5.74, 6) is -0.654. The maximum atomic E-state index is 12.3. The van der Waals surface area contributed by atoms with Gasteiger partial charge in [0.25, 0.3) is 0 Å². The molecule has 1 aliphatic rings. The summed E-state index contributed by atoms with van der Waals surface area (Å²) in [4.78, 5) is 24.2. The number of esters is 1. The highest BCUT2D eigenvalue weighted by Gasteiger charge is 2.26. The second-order valence-electron chi connectivity index (χ2n) is 9.21. The molecule has 2 rings (SSSR count). The molecule has 4 heteroatoms. The normalized spacial score (nSPS) is 17.0. The number of benzene rings is 1. The highest BCUT2D eigenvalue weighted by Crippen LogP contribution is 2.40. The quantitative estimate of drug-likeness (QED) is 0.258. The SMILES string of the molecule is CCOC(=O)c1cccc(NC(=O)\C=C(C)/C=C/C=C(C)/C=C/C2=C(C)CCCC2(C)C)c1. The molecule has 4 nitrogen and oxygen atoms in total. The lowest BCUT2D eigenvalue weighted by atomic mass is 9.72. The minimum atomic E-state index is -0.405. The van der Waals surface area contributed by atoms with E-state index in [0.717, 1.165) is 11.1 Å². The van der Waals surface area contributed by atoms with E-state index in [1.54, 1.807) is 31.2 Å². The second kappa shape index (κ2) is 12.2. The fourth-order valence-electron chi connectivity index (χ4n) is 4.00. The Balaban J connectivity index is 1.98. The Hall–Kier alpha value is -3.14. The average Bonchev–Trinajstić information content (AvgIpc) is 2.73. The zero-order chi connectivity index (χ0) is 24.4. The second-order valence-corrected chi connectivity index (χ2v) is 9.21. The first-order valence-electron chi connectivity index (χ1n) is 11.6. The number of hydrogen-bond donors (Lipinski definition) is 1. The zero-order valence-electron chi connectivity index (χ0n) is 20.8. The van der Waals surface area contributed by atoms with Crippen LogP contribution in [-0.4, -0.2) is 18.5 Å².